The number of hydrogen-bond acceptors (Lipinski definition) is 3. The van der Waals surface area contributed by atoms with Crippen molar-refractivity contribution in [3.05, 3.63) is 52.0 Å². The van der Waals surface area contributed by atoms with Gasteiger partial charge in [0.05, 0.1) is 0 Å². The average molecular weight is 323 g/mol. The van der Waals surface area contributed by atoms with Gasteiger partial charge in [0.2, 0.25) is 0 Å². The highest BCUT2D eigenvalue weighted by atomic mass is 79.9. The highest BCUT2D eigenvalue weighted by molar-refractivity contribution is 9.10. The second-order valence-electron chi connectivity index (χ2n) is 4.67. The fourth-order valence-corrected chi connectivity index (χ4v) is 2.62. The smallest absolute Gasteiger partial charge is 0.108 e. The molecule has 0 saturated carbocycles. The van der Waals surface area contributed by atoms with E-state index in [-0.39, 0.29) is 6.04 Å². The van der Waals surface area contributed by atoms with Gasteiger partial charge in [-0.3, -0.25) is 11.3 Å². The highest BCUT2D eigenvalue weighted by Crippen LogP contribution is 2.26. The topological polar surface area (TPSA) is 55.9 Å². The number of aryl methyl sites for hydroxylation is 2. The lowest BCUT2D eigenvalue weighted by Crippen LogP contribution is -2.29. The molecule has 0 fully saturated rings. The predicted molar refractivity (Wildman–Crippen MR) is 80.5 cm³/mol. The monoisotopic (exact) mass is 322 g/mol. The van der Waals surface area contributed by atoms with Crippen molar-refractivity contribution in [1.29, 1.82) is 0 Å². The summed E-state index contributed by atoms with van der Waals surface area (Å²) in [4.78, 5) is 4.34. The van der Waals surface area contributed by atoms with E-state index in [0.717, 1.165) is 23.1 Å². The van der Waals surface area contributed by atoms with E-state index in [4.69, 9.17) is 5.84 Å². The highest BCUT2D eigenvalue weighted by Gasteiger charge is 2.14. The lowest BCUT2D eigenvalue weighted by Gasteiger charge is -2.19. The van der Waals surface area contributed by atoms with E-state index in [2.05, 4.69) is 39.3 Å². The fourth-order valence-electron chi connectivity index (χ4n) is 2.24. The molecule has 2 aromatic rings. The summed E-state index contributed by atoms with van der Waals surface area (Å²) < 4.78 is 3.16. The molecule has 0 amide bonds. The first kappa shape index (κ1) is 14.2. The quantitative estimate of drug-likeness (QED) is 0.657. The molecule has 1 aromatic carbocycles. The van der Waals surface area contributed by atoms with Crippen molar-refractivity contribution < 1.29 is 0 Å². The second-order valence-corrected chi connectivity index (χ2v) is 5.52. The molecule has 2 rings (SSSR count). The van der Waals surface area contributed by atoms with Crippen molar-refractivity contribution in [2.45, 2.75) is 25.8 Å². The number of hydrazine groups is 1. The zero-order valence-corrected chi connectivity index (χ0v) is 12.8. The third-order valence-electron chi connectivity index (χ3n) is 3.46. The van der Waals surface area contributed by atoms with Gasteiger partial charge in [0.25, 0.3) is 0 Å². The summed E-state index contributed by atoms with van der Waals surface area (Å²) in [5.74, 6) is 6.79. The molecule has 0 radical (unpaired) electrons. The third-order valence-corrected chi connectivity index (χ3v) is 4.32. The Bertz CT molecular complexity index is 550. The van der Waals surface area contributed by atoms with Gasteiger partial charge in [-0.1, -0.05) is 28.1 Å². The maximum atomic E-state index is 5.71. The summed E-state index contributed by atoms with van der Waals surface area (Å²) in [7, 11) is 2.01. The van der Waals surface area contributed by atoms with Crippen molar-refractivity contribution in [1.82, 2.24) is 15.0 Å². The molecule has 3 N–H and O–H groups in total. The Morgan fingerprint density at radius 3 is 2.89 bits per heavy atom. The van der Waals surface area contributed by atoms with Crippen LogP contribution in [0.1, 0.15) is 29.4 Å². The van der Waals surface area contributed by atoms with Gasteiger partial charge in [0.15, 0.2) is 0 Å². The van der Waals surface area contributed by atoms with Crippen LogP contribution in [-0.2, 0) is 13.5 Å². The number of nitrogens with one attached hydrogen (secondary N) is 1. The van der Waals surface area contributed by atoms with Crippen LogP contribution >= 0.6 is 15.9 Å². The number of hydrogen-bond donors (Lipinski definition) is 2. The number of nitrogens with two attached hydrogens (primary N) is 1. The van der Waals surface area contributed by atoms with Crippen LogP contribution in [-0.4, -0.2) is 9.55 Å². The minimum absolute atomic E-state index is 0.134. The SMILES string of the molecule is Cc1c(Br)cccc1C(CCc1nccn1C)NN. The molecule has 0 aliphatic heterocycles. The second kappa shape index (κ2) is 6.32. The largest absolute Gasteiger partial charge is 0.338 e. The molecule has 19 heavy (non-hydrogen) atoms. The van der Waals surface area contributed by atoms with Gasteiger partial charge in [-0.15, -0.1) is 0 Å². The lowest BCUT2D eigenvalue weighted by atomic mass is 9.98. The van der Waals surface area contributed by atoms with Crippen LogP contribution in [0, 0.1) is 6.92 Å². The Balaban J connectivity index is 2.12. The van der Waals surface area contributed by atoms with Gasteiger partial charge in [-0.2, -0.15) is 0 Å². The molecule has 0 aliphatic rings. The zero-order valence-electron chi connectivity index (χ0n) is 11.2. The number of halogens is 1. The molecule has 102 valence electrons. The molecule has 0 aliphatic carbocycles. The Labute approximate surface area is 122 Å². The maximum absolute atomic E-state index is 5.71. The molecular weight excluding hydrogens is 304 g/mol. The van der Waals surface area contributed by atoms with Crippen LogP contribution in [0.2, 0.25) is 0 Å². The Morgan fingerprint density at radius 2 is 2.26 bits per heavy atom. The van der Waals surface area contributed by atoms with E-state index in [9.17, 15) is 0 Å². The van der Waals surface area contributed by atoms with Crippen LogP contribution in [0.4, 0.5) is 0 Å². The van der Waals surface area contributed by atoms with E-state index in [1.54, 1.807) is 0 Å². The molecule has 1 heterocycles. The summed E-state index contributed by atoms with van der Waals surface area (Å²) in [6, 6.07) is 6.33. The van der Waals surface area contributed by atoms with Gasteiger partial charge in [0.1, 0.15) is 5.82 Å². The summed E-state index contributed by atoms with van der Waals surface area (Å²) in [5, 5.41) is 0. The van der Waals surface area contributed by atoms with Crippen molar-refractivity contribution >= 4 is 15.9 Å². The number of imidazole rings is 1. The first-order valence-electron chi connectivity index (χ1n) is 6.30. The summed E-state index contributed by atoms with van der Waals surface area (Å²) in [6.45, 7) is 2.10. The number of benzene rings is 1. The normalized spacial score (nSPS) is 12.6. The molecule has 5 heteroatoms. The van der Waals surface area contributed by atoms with Crippen LogP contribution in [0.3, 0.4) is 0 Å². The summed E-state index contributed by atoms with van der Waals surface area (Å²) in [5.41, 5.74) is 5.37. The van der Waals surface area contributed by atoms with Gasteiger partial charge >= 0.3 is 0 Å². The Hall–Kier alpha value is -1.17. The minimum atomic E-state index is 0.134. The van der Waals surface area contributed by atoms with Gasteiger partial charge < -0.3 is 4.57 Å². The van der Waals surface area contributed by atoms with E-state index >= 15 is 0 Å². The lowest BCUT2D eigenvalue weighted by molar-refractivity contribution is 0.504. The number of nitrogens with zero attached hydrogens (tertiary/aromatic N) is 2. The minimum Gasteiger partial charge on any atom is -0.338 e. The molecule has 0 saturated heterocycles. The first-order chi connectivity index (χ1) is 9.13. The van der Waals surface area contributed by atoms with Crippen LogP contribution in [0.25, 0.3) is 0 Å². The average Bonchev–Trinajstić information content (AvgIpc) is 2.80. The van der Waals surface area contributed by atoms with Gasteiger partial charge in [-0.05, 0) is 30.5 Å². The van der Waals surface area contributed by atoms with Gasteiger partial charge in [0, 0.05) is 36.4 Å². The molecule has 0 bridgehead atoms. The van der Waals surface area contributed by atoms with Crippen molar-refractivity contribution in [3.63, 3.8) is 0 Å². The molecule has 1 aromatic heterocycles. The van der Waals surface area contributed by atoms with Crippen molar-refractivity contribution in [2.24, 2.45) is 12.9 Å². The molecule has 1 unspecified atom stereocenters. The van der Waals surface area contributed by atoms with Crippen molar-refractivity contribution in [2.75, 3.05) is 0 Å². The van der Waals surface area contributed by atoms with Crippen LogP contribution in [0.15, 0.2) is 35.1 Å². The van der Waals surface area contributed by atoms with E-state index < -0.39 is 0 Å². The fraction of sp³-hybridized carbons (Fsp3) is 0.357. The molecular formula is C14H19BrN4. The first-order valence-corrected chi connectivity index (χ1v) is 7.10. The van der Waals surface area contributed by atoms with E-state index in [1.165, 1.54) is 11.1 Å². The molecule has 0 spiro atoms. The molecule has 1 atom stereocenters. The molecule has 4 nitrogen and oxygen atoms in total. The van der Waals surface area contributed by atoms with E-state index in [0.29, 0.717) is 0 Å². The summed E-state index contributed by atoms with van der Waals surface area (Å²) >= 11 is 3.56. The summed E-state index contributed by atoms with van der Waals surface area (Å²) in [6.07, 6.45) is 5.60. The number of aromatic nitrogens is 2. The third kappa shape index (κ3) is 3.23. The van der Waals surface area contributed by atoms with E-state index in [1.807, 2.05) is 36.1 Å². The van der Waals surface area contributed by atoms with Gasteiger partial charge in [-0.25, -0.2) is 4.98 Å². The number of rotatable bonds is 5. The van der Waals surface area contributed by atoms with Crippen molar-refractivity contribution in [3.8, 4) is 0 Å². The zero-order chi connectivity index (χ0) is 13.8. The maximum Gasteiger partial charge on any atom is 0.108 e. The standard InChI is InChI=1S/C14H19BrN4/c1-10-11(4-3-5-12(10)15)13(18-16)6-7-14-17-8-9-19(14)2/h3-5,8-9,13,18H,6-7,16H2,1-2H3. The Kier molecular flexibility index (Phi) is 4.74. The van der Waals surface area contributed by atoms with Crippen LogP contribution < -0.4 is 11.3 Å². The van der Waals surface area contributed by atoms with Crippen LogP contribution in [0.5, 0.6) is 0 Å². The Morgan fingerprint density at radius 1 is 1.47 bits per heavy atom. The predicted octanol–water partition coefficient (Wildman–Crippen LogP) is 2.63.